The fraction of sp³-hybridized carbons (Fsp3) is 0.182. The van der Waals surface area contributed by atoms with Crippen LogP contribution < -0.4 is 4.90 Å². The Labute approximate surface area is 143 Å². The number of anilines is 1. The summed E-state index contributed by atoms with van der Waals surface area (Å²) in [4.78, 5) is 2.47. The van der Waals surface area contributed by atoms with E-state index in [2.05, 4.69) is 59.5 Å². The SMILES string of the molecule is Oc1ccc(N2CCc3ccccc3C2Cc2ccccc2)cc1. The maximum Gasteiger partial charge on any atom is 0.115 e. The summed E-state index contributed by atoms with van der Waals surface area (Å²) in [6.45, 7) is 0.999. The molecule has 24 heavy (non-hydrogen) atoms. The molecule has 3 aromatic carbocycles. The molecule has 2 nitrogen and oxygen atoms in total. The van der Waals surface area contributed by atoms with Crippen molar-refractivity contribution in [2.75, 3.05) is 11.4 Å². The van der Waals surface area contributed by atoms with Crippen LogP contribution in [0.1, 0.15) is 22.7 Å². The second kappa shape index (κ2) is 6.40. The first-order chi connectivity index (χ1) is 11.8. The Bertz CT molecular complexity index is 811. The molecule has 2 heteroatoms. The first-order valence-corrected chi connectivity index (χ1v) is 8.49. The van der Waals surface area contributed by atoms with Crippen molar-refractivity contribution in [1.82, 2.24) is 0 Å². The van der Waals surface area contributed by atoms with Crippen molar-refractivity contribution in [3.63, 3.8) is 0 Å². The van der Waals surface area contributed by atoms with E-state index in [9.17, 15) is 5.11 Å². The normalized spacial score (nSPS) is 16.7. The van der Waals surface area contributed by atoms with Gasteiger partial charge in [-0.3, -0.25) is 0 Å². The smallest absolute Gasteiger partial charge is 0.115 e. The van der Waals surface area contributed by atoms with E-state index in [4.69, 9.17) is 0 Å². The molecule has 3 aromatic rings. The zero-order valence-corrected chi connectivity index (χ0v) is 13.6. The van der Waals surface area contributed by atoms with Gasteiger partial charge in [0.15, 0.2) is 0 Å². The van der Waals surface area contributed by atoms with Crippen LogP contribution in [0.4, 0.5) is 5.69 Å². The van der Waals surface area contributed by atoms with Crippen molar-refractivity contribution in [2.45, 2.75) is 18.9 Å². The molecule has 0 amide bonds. The van der Waals surface area contributed by atoms with Gasteiger partial charge in [-0.25, -0.2) is 0 Å². The van der Waals surface area contributed by atoms with Crippen LogP contribution in [-0.4, -0.2) is 11.7 Å². The summed E-state index contributed by atoms with van der Waals surface area (Å²) in [5.74, 6) is 0.316. The Kier molecular flexibility index (Phi) is 3.96. The number of phenols is 1. The van der Waals surface area contributed by atoms with Crippen LogP contribution in [0.2, 0.25) is 0 Å². The van der Waals surface area contributed by atoms with Gasteiger partial charge < -0.3 is 10.0 Å². The molecule has 1 heterocycles. The van der Waals surface area contributed by atoms with Crippen molar-refractivity contribution < 1.29 is 5.11 Å². The number of fused-ring (bicyclic) bond motifs is 1. The molecule has 4 rings (SSSR count). The summed E-state index contributed by atoms with van der Waals surface area (Å²) in [6.07, 6.45) is 2.04. The molecule has 0 bridgehead atoms. The zero-order valence-electron chi connectivity index (χ0n) is 13.6. The fourth-order valence-electron chi connectivity index (χ4n) is 3.66. The van der Waals surface area contributed by atoms with Gasteiger partial charge in [-0.05, 0) is 53.8 Å². The van der Waals surface area contributed by atoms with E-state index in [0.717, 1.165) is 19.4 Å². The first kappa shape index (κ1) is 14.8. The highest BCUT2D eigenvalue weighted by Gasteiger charge is 2.27. The number of hydrogen-bond donors (Lipinski definition) is 1. The number of nitrogens with zero attached hydrogens (tertiary/aromatic N) is 1. The summed E-state index contributed by atoms with van der Waals surface area (Å²) in [5.41, 5.74) is 5.39. The lowest BCUT2D eigenvalue weighted by Gasteiger charge is -2.39. The fourth-order valence-corrected chi connectivity index (χ4v) is 3.66. The Balaban J connectivity index is 1.74. The molecule has 1 aliphatic rings. The molecule has 1 atom stereocenters. The molecular weight excluding hydrogens is 294 g/mol. The molecule has 1 N–H and O–H groups in total. The molecule has 0 fully saturated rings. The van der Waals surface area contributed by atoms with Crippen LogP contribution in [0.25, 0.3) is 0 Å². The standard InChI is InChI=1S/C22H21NO/c24-20-12-10-19(11-13-20)23-15-14-18-8-4-5-9-21(18)22(23)16-17-6-2-1-3-7-17/h1-13,22,24H,14-16H2. The van der Waals surface area contributed by atoms with Crippen LogP contribution in [0, 0.1) is 0 Å². The van der Waals surface area contributed by atoms with Crippen molar-refractivity contribution in [2.24, 2.45) is 0 Å². The third-order valence-electron chi connectivity index (χ3n) is 4.87. The van der Waals surface area contributed by atoms with Crippen LogP contribution in [0.15, 0.2) is 78.9 Å². The number of benzene rings is 3. The quantitative estimate of drug-likeness (QED) is 0.754. The lowest BCUT2D eigenvalue weighted by molar-refractivity contribution is 0.475. The number of aromatic hydroxyl groups is 1. The number of rotatable bonds is 3. The third kappa shape index (κ3) is 2.88. The second-order valence-corrected chi connectivity index (χ2v) is 6.36. The van der Waals surface area contributed by atoms with E-state index >= 15 is 0 Å². The van der Waals surface area contributed by atoms with Gasteiger partial charge in [0.05, 0.1) is 6.04 Å². The van der Waals surface area contributed by atoms with Gasteiger partial charge in [-0.15, -0.1) is 0 Å². The molecule has 0 saturated carbocycles. The molecule has 0 aliphatic carbocycles. The molecule has 0 spiro atoms. The number of hydrogen-bond acceptors (Lipinski definition) is 2. The van der Waals surface area contributed by atoms with Gasteiger partial charge in [0.2, 0.25) is 0 Å². The molecule has 0 aromatic heterocycles. The van der Waals surface area contributed by atoms with Gasteiger partial charge in [-0.1, -0.05) is 54.6 Å². The lowest BCUT2D eigenvalue weighted by atomic mass is 9.88. The highest BCUT2D eigenvalue weighted by Crippen LogP contribution is 2.36. The van der Waals surface area contributed by atoms with Crippen molar-refractivity contribution in [3.05, 3.63) is 95.6 Å². The Morgan fingerprint density at radius 2 is 1.54 bits per heavy atom. The van der Waals surface area contributed by atoms with Crippen molar-refractivity contribution in [3.8, 4) is 5.75 Å². The first-order valence-electron chi connectivity index (χ1n) is 8.49. The van der Waals surface area contributed by atoms with E-state index < -0.39 is 0 Å². The predicted octanol–water partition coefficient (Wildman–Crippen LogP) is 4.74. The van der Waals surface area contributed by atoms with Gasteiger partial charge in [0, 0.05) is 12.2 Å². The van der Waals surface area contributed by atoms with Crippen molar-refractivity contribution in [1.29, 1.82) is 0 Å². The molecule has 0 radical (unpaired) electrons. The Hall–Kier alpha value is -2.74. The maximum absolute atomic E-state index is 9.60. The van der Waals surface area contributed by atoms with E-state index in [-0.39, 0.29) is 0 Å². The van der Waals surface area contributed by atoms with Crippen LogP contribution in [0.3, 0.4) is 0 Å². The average molecular weight is 315 g/mol. The Morgan fingerprint density at radius 1 is 0.833 bits per heavy atom. The van der Waals surface area contributed by atoms with E-state index in [1.54, 1.807) is 12.1 Å². The second-order valence-electron chi connectivity index (χ2n) is 6.36. The highest BCUT2D eigenvalue weighted by atomic mass is 16.3. The molecular formula is C22H21NO. The highest BCUT2D eigenvalue weighted by molar-refractivity contribution is 5.54. The minimum atomic E-state index is 0.316. The summed E-state index contributed by atoms with van der Waals surface area (Å²) in [6, 6.07) is 27.4. The van der Waals surface area contributed by atoms with E-state index in [1.165, 1.54) is 22.4 Å². The minimum Gasteiger partial charge on any atom is -0.508 e. The largest absolute Gasteiger partial charge is 0.508 e. The Morgan fingerprint density at radius 3 is 2.33 bits per heavy atom. The maximum atomic E-state index is 9.60. The van der Waals surface area contributed by atoms with Crippen molar-refractivity contribution >= 4 is 5.69 Å². The van der Waals surface area contributed by atoms with E-state index in [0.29, 0.717) is 11.8 Å². The summed E-state index contributed by atoms with van der Waals surface area (Å²) in [5, 5.41) is 9.60. The van der Waals surface area contributed by atoms with E-state index in [1.807, 2.05) is 12.1 Å². The molecule has 0 saturated heterocycles. The minimum absolute atomic E-state index is 0.316. The molecule has 1 aliphatic heterocycles. The van der Waals surface area contributed by atoms with Gasteiger partial charge in [-0.2, -0.15) is 0 Å². The summed E-state index contributed by atoms with van der Waals surface area (Å²) in [7, 11) is 0. The number of phenolic OH excluding ortho intramolecular Hbond substituents is 1. The van der Waals surface area contributed by atoms with Crippen LogP contribution >= 0.6 is 0 Å². The average Bonchev–Trinajstić information content (AvgIpc) is 2.64. The van der Waals surface area contributed by atoms with Crippen LogP contribution in [-0.2, 0) is 12.8 Å². The van der Waals surface area contributed by atoms with Crippen LogP contribution in [0.5, 0.6) is 5.75 Å². The monoisotopic (exact) mass is 315 g/mol. The molecule has 1 unspecified atom stereocenters. The molecule has 120 valence electrons. The third-order valence-corrected chi connectivity index (χ3v) is 4.87. The summed E-state index contributed by atoms with van der Waals surface area (Å²) < 4.78 is 0. The lowest BCUT2D eigenvalue weighted by Crippen LogP contribution is -2.36. The van der Waals surface area contributed by atoms with Gasteiger partial charge >= 0.3 is 0 Å². The van der Waals surface area contributed by atoms with Gasteiger partial charge in [0.1, 0.15) is 5.75 Å². The topological polar surface area (TPSA) is 23.5 Å². The predicted molar refractivity (Wildman–Crippen MR) is 98.5 cm³/mol. The summed E-state index contributed by atoms with van der Waals surface area (Å²) >= 11 is 0. The zero-order chi connectivity index (χ0) is 16.4. The van der Waals surface area contributed by atoms with Gasteiger partial charge in [0.25, 0.3) is 0 Å².